The summed E-state index contributed by atoms with van der Waals surface area (Å²) in [5, 5.41) is 2.60. The Morgan fingerprint density at radius 3 is 2.38 bits per heavy atom. The van der Waals surface area contributed by atoms with Crippen LogP contribution in [0.25, 0.3) is 11.1 Å². The summed E-state index contributed by atoms with van der Waals surface area (Å²) in [7, 11) is 2.98. The second-order valence-corrected chi connectivity index (χ2v) is 4.61. The van der Waals surface area contributed by atoms with Crippen molar-refractivity contribution in [2.45, 2.75) is 6.42 Å². The maximum absolute atomic E-state index is 11.7. The van der Waals surface area contributed by atoms with Crippen molar-refractivity contribution in [2.24, 2.45) is 0 Å². The van der Waals surface area contributed by atoms with Crippen molar-refractivity contribution < 1.29 is 14.3 Å². The highest BCUT2D eigenvalue weighted by Gasteiger charge is 2.07. The van der Waals surface area contributed by atoms with Crippen LogP contribution in [0.5, 0.6) is 0 Å². The monoisotopic (exact) mass is 283 g/mol. The van der Waals surface area contributed by atoms with Gasteiger partial charge in [-0.15, -0.1) is 0 Å². The third-order valence-electron chi connectivity index (χ3n) is 3.19. The molecule has 0 aliphatic carbocycles. The van der Waals surface area contributed by atoms with Crippen LogP contribution in [0.15, 0.2) is 48.5 Å². The molecule has 0 saturated carbocycles. The number of hydrogen-bond donors (Lipinski definition) is 1. The number of carbonyl (C=O) groups is 2. The smallest absolute Gasteiger partial charge is 0.309 e. The summed E-state index contributed by atoms with van der Waals surface area (Å²) in [6.45, 7) is 0. The first kappa shape index (κ1) is 14.8. The number of hydrogen-bond acceptors (Lipinski definition) is 3. The van der Waals surface area contributed by atoms with Crippen molar-refractivity contribution in [3.8, 4) is 11.1 Å². The molecule has 0 saturated heterocycles. The Kier molecular flexibility index (Phi) is 4.72. The number of esters is 1. The van der Waals surface area contributed by atoms with E-state index in [0.717, 1.165) is 16.7 Å². The highest BCUT2D eigenvalue weighted by molar-refractivity contribution is 5.95. The molecule has 0 atom stereocenters. The second-order valence-electron chi connectivity index (χ2n) is 4.61. The molecule has 4 nitrogen and oxygen atoms in total. The van der Waals surface area contributed by atoms with Gasteiger partial charge in [0.05, 0.1) is 13.5 Å². The van der Waals surface area contributed by atoms with E-state index in [-0.39, 0.29) is 18.3 Å². The molecule has 0 bridgehead atoms. The minimum Gasteiger partial charge on any atom is -0.469 e. The van der Waals surface area contributed by atoms with E-state index in [4.69, 9.17) is 0 Å². The predicted octanol–water partition coefficient (Wildman–Crippen LogP) is 2.43. The Morgan fingerprint density at radius 1 is 1.05 bits per heavy atom. The lowest BCUT2D eigenvalue weighted by molar-refractivity contribution is -0.139. The van der Waals surface area contributed by atoms with Crippen LogP contribution >= 0.6 is 0 Å². The van der Waals surface area contributed by atoms with Gasteiger partial charge in [-0.25, -0.2) is 0 Å². The van der Waals surface area contributed by atoms with Gasteiger partial charge in [-0.3, -0.25) is 9.59 Å². The van der Waals surface area contributed by atoms with Crippen molar-refractivity contribution in [1.29, 1.82) is 0 Å². The van der Waals surface area contributed by atoms with Gasteiger partial charge in [0.15, 0.2) is 0 Å². The van der Waals surface area contributed by atoms with E-state index in [0.29, 0.717) is 5.56 Å². The predicted molar refractivity (Wildman–Crippen MR) is 81.0 cm³/mol. The summed E-state index contributed by atoms with van der Waals surface area (Å²) in [5.41, 5.74) is 3.38. The van der Waals surface area contributed by atoms with Gasteiger partial charge in [-0.2, -0.15) is 0 Å². The molecule has 0 radical (unpaired) electrons. The highest BCUT2D eigenvalue weighted by Crippen LogP contribution is 2.22. The van der Waals surface area contributed by atoms with Crippen LogP contribution in [0.3, 0.4) is 0 Å². The zero-order chi connectivity index (χ0) is 15.2. The molecule has 1 N–H and O–H groups in total. The number of ether oxygens (including phenoxy) is 1. The molecule has 1 amide bonds. The Labute approximate surface area is 123 Å². The van der Waals surface area contributed by atoms with Gasteiger partial charge in [0.1, 0.15) is 0 Å². The van der Waals surface area contributed by atoms with Crippen LogP contribution in [0.2, 0.25) is 0 Å². The summed E-state index contributed by atoms with van der Waals surface area (Å²) in [5.74, 6) is -0.395. The summed E-state index contributed by atoms with van der Waals surface area (Å²) >= 11 is 0. The largest absolute Gasteiger partial charge is 0.469 e. The molecule has 2 rings (SSSR count). The molecule has 0 fully saturated rings. The van der Waals surface area contributed by atoms with Crippen LogP contribution in [-0.2, 0) is 16.0 Å². The Morgan fingerprint density at radius 2 is 1.71 bits per heavy atom. The Balaban J connectivity index is 2.31. The zero-order valence-electron chi connectivity index (χ0n) is 12.1. The van der Waals surface area contributed by atoms with Crippen LogP contribution in [0, 0.1) is 0 Å². The molecule has 0 aliphatic heterocycles. The van der Waals surface area contributed by atoms with E-state index in [2.05, 4.69) is 10.1 Å². The topological polar surface area (TPSA) is 55.4 Å². The molecule has 108 valence electrons. The third kappa shape index (κ3) is 3.69. The van der Waals surface area contributed by atoms with Crippen LogP contribution in [0.4, 0.5) is 0 Å². The van der Waals surface area contributed by atoms with Gasteiger partial charge in [-0.1, -0.05) is 36.4 Å². The standard InChI is InChI=1S/C17H17NO3/c1-18-17(20)15-8-4-7-14(11-15)13-6-3-5-12(9-13)10-16(19)21-2/h3-9,11H,10H2,1-2H3,(H,18,20). The molecule has 0 aliphatic rings. The second kappa shape index (κ2) is 6.70. The van der Waals surface area contributed by atoms with Crippen LogP contribution < -0.4 is 5.32 Å². The van der Waals surface area contributed by atoms with Crippen molar-refractivity contribution >= 4 is 11.9 Å². The molecular formula is C17H17NO3. The summed E-state index contributed by atoms with van der Waals surface area (Å²) in [6, 6.07) is 15.0. The fourth-order valence-corrected chi connectivity index (χ4v) is 2.08. The highest BCUT2D eigenvalue weighted by atomic mass is 16.5. The number of nitrogens with one attached hydrogen (secondary N) is 1. The van der Waals surface area contributed by atoms with Crippen molar-refractivity contribution in [3.63, 3.8) is 0 Å². The normalized spacial score (nSPS) is 10.0. The van der Waals surface area contributed by atoms with Gasteiger partial charge in [0.2, 0.25) is 0 Å². The molecule has 4 heteroatoms. The molecular weight excluding hydrogens is 266 g/mol. The number of carbonyl (C=O) groups excluding carboxylic acids is 2. The summed E-state index contributed by atoms with van der Waals surface area (Å²) < 4.78 is 4.67. The molecule has 2 aromatic carbocycles. The first-order valence-electron chi connectivity index (χ1n) is 6.62. The molecule has 0 unspecified atom stereocenters. The molecule has 0 aromatic heterocycles. The van der Waals surface area contributed by atoms with E-state index >= 15 is 0 Å². The fraction of sp³-hybridized carbons (Fsp3) is 0.176. The number of benzene rings is 2. The quantitative estimate of drug-likeness (QED) is 0.877. The third-order valence-corrected chi connectivity index (χ3v) is 3.19. The molecule has 0 spiro atoms. The lowest BCUT2D eigenvalue weighted by atomic mass is 10.00. The molecule has 0 heterocycles. The molecule has 21 heavy (non-hydrogen) atoms. The lowest BCUT2D eigenvalue weighted by Crippen LogP contribution is -2.17. The van der Waals surface area contributed by atoms with Gasteiger partial charge >= 0.3 is 5.97 Å². The minimum absolute atomic E-state index is 0.123. The first-order valence-corrected chi connectivity index (χ1v) is 6.62. The lowest BCUT2D eigenvalue weighted by Gasteiger charge is -2.07. The fourth-order valence-electron chi connectivity index (χ4n) is 2.08. The van der Waals surface area contributed by atoms with Crippen molar-refractivity contribution in [2.75, 3.05) is 14.2 Å². The first-order chi connectivity index (χ1) is 10.1. The maximum Gasteiger partial charge on any atom is 0.309 e. The number of amides is 1. The van der Waals surface area contributed by atoms with E-state index in [1.165, 1.54) is 7.11 Å². The number of rotatable bonds is 4. The van der Waals surface area contributed by atoms with Gasteiger partial charge in [0, 0.05) is 12.6 Å². The van der Waals surface area contributed by atoms with E-state index in [1.54, 1.807) is 13.1 Å². The van der Waals surface area contributed by atoms with E-state index in [9.17, 15) is 9.59 Å². The van der Waals surface area contributed by atoms with Gasteiger partial charge in [-0.05, 0) is 28.8 Å². The SMILES string of the molecule is CNC(=O)c1cccc(-c2cccc(CC(=O)OC)c2)c1. The van der Waals surface area contributed by atoms with E-state index in [1.807, 2.05) is 42.5 Å². The van der Waals surface area contributed by atoms with Gasteiger partial charge in [0.25, 0.3) is 5.91 Å². The van der Waals surface area contributed by atoms with E-state index < -0.39 is 0 Å². The average molecular weight is 283 g/mol. The Hall–Kier alpha value is -2.62. The number of methoxy groups -OCH3 is 1. The maximum atomic E-state index is 11.7. The van der Waals surface area contributed by atoms with Crippen molar-refractivity contribution in [3.05, 3.63) is 59.7 Å². The summed E-state index contributed by atoms with van der Waals surface area (Å²) in [4.78, 5) is 23.0. The van der Waals surface area contributed by atoms with Crippen molar-refractivity contribution in [1.82, 2.24) is 5.32 Å². The van der Waals surface area contributed by atoms with Crippen LogP contribution in [0.1, 0.15) is 15.9 Å². The molecule has 2 aromatic rings. The zero-order valence-corrected chi connectivity index (χ0v) is 12.1. The van der Waals surface area contributed by atoms with Gasteiger partial charge < -0.3 is 10.1 Å². The minimum atomic E-state index is -0.272. The summed E-state index contributed by atoms with van der Waals surface area (Å²) in [6.07, 6.45) is 0.236. The Bertz CT molecular complexity index is 665. The van der Waals surface area contributed by atoms with Crippen LogP contribution in [-0.4, -0.2) is 26.0 Å². The average Bonchev–Trinajstić information content (AvgIpc) is 2.54.